The number of carbonyl (C=O) groups excluding carboxylic acids is 1. The van der Waals surface area contributed by atoms with Crippen LogP contribution in [0, 0.1) is 0 Å². The van der Waals surface area contributed by atoms with Gasteiger partial charge < -0.3 is 14.4 Å². The Kier molecular flexibility index (Phi) is 5.69. The number of thioether (sulfide) groups is 1. The second kappa shape index (κ2) is 8.13. The predicted octanol–water partition coefficient (Wildman–Crippen LogP) is 2.61. The average molecular weight is 449 g/mol. The Morgan fingerprint density at radius 1 is 1.17 bits per heavy atom. The van der Waals surface area contributed by atoms with E-state index < -0.39 is 10.0 Å². The lowest BCUT2D eigenvalue weighted by atomic mass is 10.1. The zero-order valence-electron chi connectivity index (χ0n) is 17.1. The van der Waals surface area contributed by atoms with E-state index >= 15 is 0 Å². The van der Waals surface area contributed by atoms with E-state index in [-0.39, 0.29) is 29.0 Å². The van der Waals surface area contributed by atoms with Crippen LogP contribution < -0.4 is 19.1 Å². The van der Waals surface area contributed by atoms with Crippen molar-refractivity contribution in [3.8, 4) is 11.5 Å². The van der Waals surface area contributed by atoms with E-state index in [0.29, 0.717) is 30.0 Å². The smallest absolute Gasteiger partial charge is 0.240 e. The molecule has 0 radical (unpaired) electrons. The molecule has 4 rings (SSSR count). The number of methoxy groups -OCH3 is 2. The lowest BCUT2D eigenvalue weighted by Gasteiger charge is -2.29. The summed E-state index contributed by atoms with van der Waals surface area (Å²) >= 11 is 1.68. The zero-order valence-corrected chi connectivity index (χ0v) is 18.7. The van der Waals surface area contributed by atoms with Gasteiger partial charge in [-0.25, -0.2) is 13.1 Å². The van der Waals surface area contributed by atoms with Gasteiger partial charge in [0.2, 0.25) is 15.9 Å². The summed E-state index contributed by atoms with van der Waals surface area (Å²) in [6.07, 6.45) is 0.626. The van der Waals surface area contributed by atoms with E-state index in [1.165, 1.54) is 0 Å². The van der Waals surface area contributed by atoms with Crippen molar-refractivity contribution in [3.63, 3.8) is 0 Å². The van der Waals surface area contributed by atoms with Crippen molar-refractivity contribution < 1.29 is 22.7 Å². The summed E-state index contributed by atoms with van der Waals surface area (Å²) < 4.78 is 39.2. The van der Waals surface area contributed by atoms with E-state index in [4.69, 9.17) is 9.47 Å². The molecule has 30 heavy (non-hydrogen) atoms. The molecule has 0 aliphatic carbocycles. The van der Waals surface area contributed by atoms with Crippen LogP contribution >= 0.6 is 11.8 Å². The van der Waals surface area contributed by atoms with E-state index in [2.05, 4.69) is 11.6 Å². The number of hydrogen-bond acceptors (Lipinski definition) is 6. The number of rotatable bonds is 7. The Bertz CT molecular complexity index is 1100. The third kappa shape index (κ3) is 3.77. The van der Waals surface area contributed by atoms with Crippen LogP contribution in [0.25, 0.3) is 0 Å². The van der Waals surface area contributed by atoms with Gasteiger partial charge in [-0.2, -0.15) is 0 Å². The van der Waals surface area contributed by atoms with Crippen molar-refractivity contribution in [1.29, 1.82) is 0 Å². The summed E-state index contributed by atoms with van der Waals surface area (Å²) in [5.74, 6) is 1.19. The molecule has 0 fully saturated rings. The summed E-state index contributed by atoms with van der Waals surface area (Å²) in [6.45, 7) is 2.91. The first-order valence-electron chi connectivity index (χ1n) is 9.67. The van der Waals surface area contributed by atoms with Gasteiger partial charge in [0.25, 0.3) is 0 Å². The van der Waals surface area contributed by atoms with Crippen LogP contribution in [-0.2, 0) is 27.7 Å². The summed E-state index contributed by atoms with van der Waals surface area (Å²) in [4.78, 5) is 15.4. The minimum absolute atomic E-state index is 0.0358. The van der Waals surface area contributed by atoms with Crippen LogP contribution in [0.5, 0.6) is 11.5 Å². The topological polar surface area (TPSA) is 84.9 Å². The molecule has 0 unspecified atom stereocenters. The summed E-state index contributed by atoms with van der Waals surface area (Å²) in [5.41, 5.74) is 2.30. The standard InChI is InChI=1S/C21H24N2O5S2/c1-13-12-23-20(24)11-15-19(7-6-18(29-13)21(15)23)30(25,26)22-9-8-14-4-5-16(27-2)17(10-14)28-3/h4-7,10,13,22H,8-9,11-12H2,1-3H3/t13-/m0/s1. The highest BCUT2D eigenvalue weighted by Crippen LogP contribution is 2.46. The van der Waals surface area contributed by atoms with E-state index in [9.17, 15) is 13.2 Å². The van der Waals surface area contributed by atoms with Crippen molar-refractivity contribution in [2.45, 2.75) is 34.8 Å². The Hall–Kier alpha value is -2.23. The van der Waals surface area contributed by atoms with Gasteiger partial charge in [-0.15, -0.1) is 11.8 Å². The third-order valence-corrected chi connectivity index (χ3v) is 7.99. The molecule has 0 bridgehead atoms. The number of nitrogens with zero attached hydrogens (tertiary/aromatic N) is 1. The Balaban J connectivity index is 1.53. The number of nitrogens with one attached hydrogen (secondary N) is 1. The Morgan fingerprint density at radius 3 is 2.67 bits per heavy atom. The van der Waals surface area contributed by atoms with Crippen LogP contribution in [-0.4, -0.2) is 46.9 Å². The maximum Gasteiger partial charge on any atom is 0.240 e. The fourth-order valence-electron chi connectivity index (χ4n) is 3.93. The van der Waals surface area contributed by atoms with E-state index in [1.807, 2.05) is 18.2 Å². The molecule has 1 atom stereocenters. The van der Waals surface area contributed by atoms with Crippen LogP contribution in [0.4, 0.5) is 5.69 Å². The second-order valence-electron chi connectivity index (χ2n) is 7.34. The van der Waals surface area contributed by atoms with Gasteiger partial charge in [-0.05, 0) is 36.2 Å². The number of carbonyl (C=O) groups is 1. The van der Waals surface area contributed by atoms with Gasteiger partial charge >= 0.3 is 0 Å². The quantitative estimate of drug-likeness (QED) is 0.701. The van der Waals surface area contributed by atoms with Gasteiger partial charge in [-0.1, -0.05) is 13.0 Å². The number of hydrogen-bond donors (Lipinski definition) is 1. The van der Waals surface area contributed by atoms with Crippen molar-refractivity contribution in [3.05, 3.63) is 41.5 Å². The SMILES string of the molecule is COc1ccc(CCNS(=O)(=O)c2ccc3c4c2CC(=O)N4C[C@H](C)S3)cc1OC. The molecule has 9 heteroatoms. The average Bonchev–Trinajstić information content (AvgIpc) is 3.04. The molecular formula is C21H24N2O5S2. The molecule has 1 N–H and O–H groups in total. The predicted molar refractivity (Wildman–Crippen MR) is 116 cm³/mol. The molecule has 2 aliphatic rings. The number of anilines is 1. The highest BCUT2D eigenvalue weighted by Gasteiger charge is 2.38. The highest BCUT2D eigenvalue weighted by atomic mass is 32.2. The molecule has 2 heterocycles. The maximum absolute atomic E-state index is 13.0. The summed E-state index contributed by atoms with van der Waals surface area (Å²) in [6, 6.07) is 8.94. The van der Waals surface area contributed by atoms with Crippen molar-refractivity contribution in [1.82, 2.24) is 4.72 Å². The lowest BCUT2D eigenvalue weighted by Crippen LogP contribution is -2.35. The van der Waals surface area contributed by atoms with Gasteiger partial charge in [0.1, 0.15) is 0 Å². The molecule has 160 valence electrons. The van der Waals surface area contributed by atoms with Gasteiger partial charge in [0.15, 0.2) is 11.5 Å². The molecule has 0 saturated heterocycles. The minimum Gasteiger partial charge on any atom is -0.493 e. The first-order valence-corrected chi connectivity index (χ1v) is 12.0. The van der Waals surface area contributed by atoms with Crippen LogP contribution in [0.1, 0.15) is 18.1 Å². The first kappa shape index (κ1) is 21.0. The second-order valence-corrected chi connectivity index (χ2v) is 10.6. The molecule has 0 spiro atoms. The van der Waals surface area contributed by atoms with Gasteiger partial charge in [-0.3, -0.25) is 4.79 Å². The molecule has 2 aromatic rings. The molecule has 0 aromatic heterocycles. The number of amides is 1. The van der Waals surface area contributed by atoms with Crippen LogP contribution in [0.3, 0.4) is 0 Å². The molecule has 2 aliphatic heterocycles. The van der Waals surface area contributed by atoms with Crippen molar-refractivity contribution in [2.24, 2.45) is 0 Å². The van der Waals surface area contributed by atoms with Crippen LogP contribution in [0.15, 0.2) is 40.1 Å². The van der Waals surface area contributed by atoms with E-state index in [0.717, 1.165) is 16.1 Å². The highest BCUT2D eigenvalue weighted by molar-refractivity contribution is 8.00. The summed E-state index contributed by atoms with van der Waals surface area (Å²) in [5, 5.41) is 0.287. The summed E-state index contributed by atoms with van der Waals surface area (Å²) in [7, 11) is -0.608. The first-order chi connectivity index (χ1) is 14.3. The Morgan fingerprint density at radius 2 is 1.93 bits per heavy atom. The Labute approximate surface area is 180 Å². The zero-order chi connectivity index (χ0) is 21.5. The molecule has 7 nitrogen and oxygen atoms in total. The molecular weight excluding hydrogens is 424 g/mol. The van der Waals surface area contributed by atoms with Gasteiger partial charge in [0.05, 0.1) is 31.2 Å². The molecule has 1 amide bonds. The maximum atomic E-state index is 13.0. The van der Waals surface area contributed by atoms with Gasteiger partial charge in [0, 0.05) is 28.8 Å². The number of benzene rings is 2. The fourth-order valence-corrected chi connectivity index (χ4v) is 6.34. The minimum atomic E-state index is -3.74. The fraction of sp³-hybridized carbons (Fsp3) is 0.381. The lowest BCUT2D eigenvalue weighted by molar-refractivity contribution is -0.117. The van der Waals surface area contributed by atoms with Crippen LogP contribution in [0.2, 0.25) is 0 Å². The number of sulfonamides is 1. The van der Waals surface area contributed by atoms with Crippen molar-refractivity contribution >= 4 is 33.4 Å². The molecule has 2 aromatic carbocycles. The normalized spacial score (nSPS) is 17.8. The van der Waals surface area contributed by atoms with Crippen molar-refractivity contribution in [2.75, 3.05) is 32.2 Å². The van der Waals surface area contributed by atoms with E-state index in [1.54, 1.807) is 43.0 Å². The molecule has 0 saturated carbocycles. The monoisotopic (exact) mass is 448 g/mol. The largest absolute Gasteiger partial charge is 0.493 e. The number of ether oxygens (including phenoxy) is 2. The third-order valence-electron chi connectivity index (χ3n) is 5.31.